The number of ether oxygens (including phenoxy) is 1. The molecule has 2 heterocycles. The minimum atomic E-state index is -1.01. The third-order valence-corrected chi connectivity index (χ3v) is 5.42. The van der Waals surface area contributed by atoms with Gasteiger partial charge in [-0.25, -0.2) is 4.79 Å². The van der Waals surface area contributed by atoms with Crippen LogP contribution in [-0.4, -0.2) is 64.8 Å². The fraction of sp³-hybridized carbons (Fsp3) is 0.556. The van der Waals surface area contributed by atoms with Crippen molar-refractivity contribution in [2.75, 3.05) is 26.2 Å². The van der Waals surface area contributed by atoms with Gasteiger partial charge in [0.1, 0.15) is 5.72 Å². The van der Waals surface area contributed by atoms with E-state index in [9.17, 15) is 14.7 Å². The maximum Gasteiger partial charge on any atom is 0.328 e. The van der Waals surface area contributed by atoms with Crippen LogP contribution < -0.4 is 0 Å². The zero-order valence-corrected chi connectivity index (χ0v) is 15.0. The van der Waals surface area contributed by atoms with Gasteiger partial charge in [-0.1, -0.05) is 30.7 Å². The van der Waals surface area contributed by atoms with Crippen LogP contribution in [0.15, 0.2) is 24.3 Å². The first-order valence-electron chi connectivity index (χ1n) is 8.61. The molecule has 1 unspecified atom stereocenters. The number of carbonyl (C=O) groups excluding carboxylic acids is 1. The summed E-state index contributed by atoms with van der Waals surface area (Å²) in [5.41, 5.74) is 0.0182. The number of carbonyl (C=O) groups is 2. The number of carboxylic acids is 1. The summed E-state index contributed by atoms with van der Waals surface area (Å²) in [5, 5.41) is 10.1. The lowest BCUT2D eigenvalue weighted by Crippen LogP contribution is -2.58. The van der Waals surface area contributed by atoms with E-state index in [4.69, 9.17) is 16.3 Å². The van der Waals surface area contributed by atoms with Gasteiger partial charge in [0.2, 0.25) is 5.91 Å². The third-order valence-electron chi connectivity index (χ3n) is 5.17. The van der Waals surface area contributed by atoms with Crippen LogP contribution in [0.3, 0.4) is 0 Å². The van der Waals surface area contributed by atoms with E-state index in [0.29, 0.717) is 17.9 Å². The molecule has 1 spiro atoms. The highest BCUT2D eigenvalue weighted by molar-refractivity contribution is 6.30. The summed E-state index contributed by atoms with van der Waals surface area (Å²) in [6.45, 7) is 4.68. The first-order valence-corrected chi connectivity index (χ1v) is 8.99. The van der Waals surface area contributed by atoms with Crippen LogP contribution in [-0.2, 0) is 20.7 Å². The van der Waals surface area contributed by atoms with Crippen LogP contribution in [0.2, 0.25) is 5.02 Å². The number of aliphatic carboxylic acids is 1. The van der Waals surface area contributed by atoms with E-state index in [-0.39, 0.29) is 18.9 Å². The third kappa shape index (κ3) is 3.66. The largest absolute Gasteiger partial charge is 0.480 e. The van der Waals surface area contributed by atoms with Gasteiger partial charge >= 0.3 is 5.97 Å². The van der Waals surface area contributed by atoms with E-state index >= 15 is 0 Å². The highest BCUT2D eigenvalue weighted by atomic mass is 35.5. The number of piperidine rings is 1. The monoisotopic (exact) mass is 366 g/mol. The number of amides is 1. The predicted molar refractivity (Wildman–Crippen MR) is 93.5 cm³/mol. The molecule has 2 saturated heterocycles. The lowest BCUT2D eigenvalue weighted by molar-refractivity contribution is -0.165. The summed E-state index contributed by atoms with van der Waals surface area (Å²) in [6.07, 6.45) is 1.41. The van der Waals surface area contributed by atoms with Gasteiger partial charge in [-0.2, -0.15) is 0 Å². The Morgan fingerprint density at radius 2 is 1.92 bits per heavy atom. The van der Waals surface area contributed by atoms with Crippen molar-refractivity contribution in [2.45, 2.75) is 38.0 Å². The fourth-order valence-corrected chi connectivity index (χ4v) is 3.84. The van der Waals surface area contributed by atoms with Gasteiger partial charge in [-0.3, -0.25) is 9.69 Å². The topological polar surface area (TPSA) is 70.1 Å². The molecule has 0 bridgehead atoms. The Hall–Kier alpha value is -1.63. The molecule has 2 fully saturated rings. The molecule has 1 N–H and O–H groups in total. The molecule has 25 heavy (non-hydrogen) atoms. The second kappa shape index (κ2) is 7.32. The van der Waals surface area contributed by atoms with E-state index in [2.05, 4.69) is 11.8 Å². The molecule has 136 valence electrons. The van der Waals surface area contributed by atoms with Crippen LogP contribution >= 0.6 is 11.6 Å². The van der Waals surface area contributed by atoms with Crippen molar-refractivity contribution in [1.29, 1.82) is 0 Å². The molecule has 2 aliphatic rings. The van der Waals surface area contributed by atoms with Crippen molar-refractivity contribution in [3.8, 4) is 0 Å². The fourth-order valence-electron chi connectivity index (χ4n) is 3.71. The summed E-state index contributed by atoms with van der Waals surface area (Å²) in [6, 6.07) is 6.12. The number of rotatable bonds is 4. The minimum absolute atomic E-state index is 0.0494. The normalized spacial score (nSPS) is 23.1. The molecule has 0 aliphatic carbocycles. The van der Waals surface area contributed by atoms with E-state index in [1.807, 2.05) is 0 Å². The first-order chi connectivity index (χ1) is 11.9. The van der Waals surface area contributed by atoms with Crippen LogP contribution in [0.25, 0.3) is 0 Å². The number of hydrogen-bond acceptors (Lipinski definition) is 4. The van der Waals surface area contributed by atoms with Gasteiger partial charge in [-0.05, 0) is 24.2 Å². The molecular weight excluding hydrogens is 344 g/mol. The zero-order chi connectivity index (χ0) is 18.0. The molecule has 1 amide bonds. The zero-order valence-electron chi connectivity index (χ0n) is 14.3. The number of halogens is 1. The molecule has 0 saturated carbocycles. The van der Waals surface area contributed by atoms with Gasteiger partial charge in [0.25, 0.3) is 0 Å². The molecule has 1 aromatic carbocycles. The Labute approximate surface area is 152 Å². The van der Waals surface area contributed by atoms with E-state index in [1.54, 1.807) is 24.3 Å². The van der Waals surface area contributed by atoms with E-state index in [1.165, 1.54) is 4.90 Å². The number of hydrogen-bond donors (Lipinski definition) is 1. The van der Waals surface area contributed by atoms with Crippen molar-refractivity contribution in [3.05, 3.63) is 34.9 Å². The molecule has 2 aliphatic heterocycles. The van der Waals surface area contributed by atoms with Crippen LogP contribution in [0.5, 0.6) is 0 Å². The lowest BCUT2D eigenvalue weighted by atomic mass is 9.97. The number of nitrogens with zero attached hydrogens (tertiary/aromatic N) is 2. The molecule has 0 radical (unpaired) electrons. The summed E-state index contributed by atoms with van der Waals surface area (Å²) in [5.74, 6) is -1.23. The van der Waals surface area contributed by atoms with Gasteiger partial charge in [0, 0.05) is 31.0 Å². The molecular formula is C18H23ClN2O4. The number of likely N-dealkylation sites (tertiary alicyclic amines) is 1. The van der Waals surface area contributed by atoms with Crippen LogP contribution in [0, 0.1) is 0 Å². The quantitative estimate of drug-likeness (QED) is 0.882. The van der Waals surface area contributed by atoms with Crippen molar-refractivity contribution < 1.29 is 19.4 Å². The minimum Gasteiger partial charge on any atom is -0.480 e. The van der Waals surface area contributed by atoms with Crippen molar-refractivity contribution in [3.63, 3.8) is 0 Å². The maximum absolute atomic E-state index is 13.0. The summed E-state index contributed by atoms with van der Waals surface area (Å²) < 4.78 is 5.92. The first kappa shape index (κ1) is 18.2. The standard InChI is InChI=1S/C18H23ClN2O4/c1-2-20-9-7-18(8-10-20)21(15(12-25-18)17(23)24)16(22)11-13-3-5-14(19)6-4-13/h3-6,15H,2,7-12H2,1H3,(H,23,24). The van der Waals surface area contributed by atoms with Crippen LogP contribution in [0.1, 0.15) is 25.3 Å². The molecule has 7 heteroatoms. The van der Waals surface area contributed by atoms with Gasteiger partial charge < -0.3 is 14.7 Å². The highest BCUT2D eigenvalue weighted by Gasteiger charge is 2.53. The van der Waals surface area contributed by atoms with E-state index in [0.717, 1.165) is 25.2 Å². The van der Waals surface area contributed by atoms with Crippen molar-refractivity contribution in [1.82, 2.24) is 9.80 Å². The predicted octanol–water partition coefficient (Wildman–Crippen LogP) is 2.01. The van der Waals surface area contributed by atoms with Crippen molar-refractivity contribution in [2.24, 2.45) is 0 Å². The van der Waals surface area contributed by atoms with Crippen molar-refractivity contribution >= 4 is 23.5 Å². The van der Waals surface area contributed by atoms with E-state index < -0.39 is 17.7 Å². The average molecular weight is 367 g/mol. The average Bonchev–Trinajstić information content (AvgIpc) is 2.97. The SMILES string of the molecule is CCN1CCC2(CC1)OCC(C(=O)O)N2C(=O)Cc1ccc(Cl)cc1. The van der Waals surface area contributed by atoms with Gasteiger partial charge in [-0.15, -0.1) is 0 Å². The Morgan fingerprint density at radius 3 is 2.48 bits per heavy atom. The smallest absolute Gasteiger partial charge is 0.328 e. The maximum atomic E-state index is 13.0. The second-order valence-corrected chi connectivity index (χ2v) is 7.05. The molecule has 6 nitrogen and oxygen atoms in total. The van der Waals surface area contributed by atoms with Gasteiger partial charge in [0.05, 0.1) is 13.0 Å². The van der Waals surface area contributed by atoms with Crippen LogP contribution in [0.4, 0.5) is 0 Å². The Morgan fingerprint density at radius 1 is 1.28 bits per heavy atom. The summed E-state index contributed by atoms with van der Waals surface area (Å²) >= 11 is 5.89. The Bertz CT molecular complexity index is 641. The Kier molecular flexibility index (Phi) is 5.32. The number of carboxylic acid groups (broad SMARTS) is 1. The summed E-state index contributed by atoms with van der Waals surface area (Å²) in [4.78, 5) is 28.4. The highest BCUT2D eigenvalue weighted by Crippen LogP contribution is 2.37. The molecule has 3 rings (SSSR count). The molecule has 1 atom stereocenters. The molecule has 1 aromatic rings. The lowest BCUT2D eigenvalue weighted by Gasteiger charge is -2.44. The second-order valence-electron chi connectivity index (χ2n) is 6.61. The summed E-state index contributed by atoms with van der Waals surface area (Å²) in [7, 11) is 0. The van der Waals surface area contributed by atoms with Gasteiger partial charge in [0.15, 0.2) is 6.04 Å². The molecule has 0 aromatic heterocycles. The number of benzene rings is 1. The Balaban J connectivity index is 1.81.